The summed E-state index contributed by atoms with van der Waals surface area (Å²) in [5.41, 5.74) is 9.03. The van der Waals surface area contributed by atoms with E-state index in [1.807, 2.05) is 0 Å². The summed E-state index contributed by atoms with van der Waals surface area (Å²) in [5.74, 6) is -0.507. The molecule has 1 rings (SSSR count). The van der Waals surface area contributed by atoms with Gasteiger partial charge in [0.05, 0.1) is 13.7 Å². The van der Waals surface area contributed by atoms with E-state index in [9.17, 15) is 4.79 Å². The van der Waals surface area contributed by atoms with Crippen molar-refractivity contribution < 1.29 is 9.53 Å². The number of aromatic nitrogens is 1. The molecule has 0 amide bonds. The van der Waals surface area contributed by atoms with E-state index in [0.29, 0.717) is 0 Å². The number of esters is 1. The summed E-state index contributed by atoms with van der Waals surface area (Å²) in [5, 5.41) is 3.37. The number of azide groups is 1. The van der Waals surface area contributed by atoms with Crippen molar-refractivity contribution in [2.75, 3.05) is 7.11 Å². The first-order valence-electron chi connectivity index (χ1n) is 3.82. The first-order chi connectivity index (χ1) is 6.77. The zero-order chi connectivity index (χ0) is 10.4. The molecule has 72 valence electrons. The average Bonchev–Trinajstić information content (AvgIpc) is 2.25. The second kappa shape index (κ2) is 4.84. The fourth-order valence-electron chi connectivity index (χ4n) is 0.902. The van der Waals surface area contributed by atoms with E-state index in [1.54, 1.807) is 6.07 Å². The first-order valence-corrected chi connectivity index (χ1v) is 3.82. The number of carbonyl (C=O) groups is 1. The van der Waals surface area contributed by atoms with Crippen LogP contribution >= 0.6 is 0 Å². The smallest absolute Gasteiger partial charge is 0.356 e. The lowest BCUT2D eigenvalue weighted by atomic mass is 10.2. The van der Waals surface area contributed by atoms with Crippen LogP contribution in [0.25, 0.3) is 10.4 Å². The number of ether oxygens (including phenoxy) is 1. The first kappa shape index (κ1) is 10.0. The highest BCUT2D eigenvalue weighted by Gasteiger charge is 2.06. The third-order valence-corrected chi connectivity index (χ3v) is 1.54. The molecule has 0 aliphatic heterocycles. The topological polar surface area (TPSA) is 88.0 Å². The standard InChI is InChI=1S/C8H8N4O2/c1-14-8(13)7-4-6(2-3-10-7)5-11-12-9/h2-4H,5H2,1H3. The van der Waals surface area contributed by atoms with Crippen molar-refractivity contribution in [3.05, 3.63) is 40.0 Å². The molecule has 0 fully saturated rings. The molecule has 0 N–H and O–H groups in total. The number of pyridine rings is 1. The predicted octanol–water partition coefficient (Wildman–Crippen LogP) is 1.68. The Morgan fingerprint density at radius 1 is 1.79 bits per heavy atom. The highest BCUT2D eigenvalue weighted by atomic mass is 16.5. The maximum absolute atomic E-state index is 11.1. The number of hydrogen-bond donors (Lipinski definition) is 0. The van der Waals surface area contributed by atoms with E-state index in [1.165, 1.54) is 19.4 Å². The number of methoxy groups -OCH3 is 1. The number of carbonyl (C=O) groups excluding carboxylic acids is 1. The van der Waals surface area contributed by atoms with E-state index >= 15 is 0 Å². The van der Waals surface area contributed by atoms with Crippen molar-refractivity contribution in [2.45, 2.75) is 6.54 Å². The predicted molar refractivity (Wildman–Crippen MR) is 48.4 cm³/mol. The van der Waals surface area contributed by atoms with Crippen LogP contribution in [-0.2, 0) is 11.3 Å². The van der Waals surface area contributed by atoms with Crippen LogP contribution in [0.15, 0.2) is 23.4 Å². The second-order valence-corrected chi connectivity index (χ2v) is 2.43. The highest BCUT2D eigenvalue weighted by molar-refractivity contribution is 5.87. The molecule has 0 aliphatic rings. The van der Waals surface area contributed by atoms with Crippen LogP contribution in [0.5, 0.6) is 0 Å². The SMILES string of the molecule is COC(=O)c1cc(CN=[N+]=[N-])ccn1. The number of nitrogens with zero attached hydrogens (tertiary/aromatic N) is 4. The Kier molecular flexibility index (Phi) is 3.46. The van der Waals surface area contributed by atoms with Gasteiger partial charge in [-0.15, -0.1) is 0 Å². The lowest BCUT2D eigenvalue weighted by Gasteiger charge is -1.99. The quantitative estimate of drug-likeness (QED) is 0.316. The molecule has 0 bridgehead atoms. The molecule has 0 aromatic carbocycles. The molecule has 1 heterocycles. The molecule has 1 aromatic heterocycles. The van der Waals surface area contributed by atoms with E-state index in [-0.39, 0.29) is 12.2 Å². The highest BCUT2D eigenvalue weighted by Crippen LogP contribution is 2.04. The van der Waals surface area contributed by atoms with Gasteiger partial charge in [-0.05, 0) is 23.2 Å². The summed E-state index contributed by atoms with van der Waals surface area (Å²) >= 11 is 0. The maximum Gasteiger partial charge on any atom is 0.356 e. The van der Waals surface area contributed by atoms with Crippen LogP contribution in [0.2, 0.25) is 0 Å². The Balaban J connectivity index is 2.88. The van der Waals surface area contributed by atoms with Crippen LogP contribution in [0, 0.1) is 0 Å². The van der Waals surface area contributed by atoms with Gasteiger partial charge in [0, 0.05) is 11.1 Å². The number of hydrogen-bond acceptors (Lipinski definition) is 4. The Labute approximate surface area is 80.2 Å². The summed E-state index contributed by atoms with van der Waals surface area (Å²) in [6.07, 6.45) is 1.47. The van der Waals surface area contributed by atoms with Gasteiger partial charge in [-0.2, -0.15) is 0 Å². The van der Waals surface area contributed by atoms with Gasteiger partial charge in [0.15, 0.2) is 0 Å². The van der Waals surface area contributed by atoms with Gasteiger partial charge < -0.3 is 4.74 Å². The van der Waals surface area contributed by atoms with Gasteiger partial charge >= 0.3 is 5.97 Å². The van der Waals surface area contributed by atoms with Gasteiger partial charge in [0.2, 0.25) is 0 Å². The average molecular weight is 192 g/mol. The molecule has 6 heteroatoms. The van der Waals surface area contributed by atoms with Gasteiger partial charge in [-0.25, -0.2) is 9.78 Å². The normalized spacial score (nSPS) is 8.93. The van der Waals surface area contributed by atoms with Gasteiger partial charge in [0.25, 0.3) is 0 Å². The lowest BCUT2D eigenvalue weighted by molar-refractivity contribution is 0.0594. The molecule has 0 aliphatic carbocycles. The van der Waals surface area contributed by atoms with Crippen LogP contribution < -0.4 is 0 Å². The molecular weight excluding hydrogens is 184 g/mol. The fraction of sp³-hybridized carbons (Fsp3) is 0.250. The fourth-order valence-corrected chi connectivity index (χ4v) is 0.902. The Hall–Kier alpha value is -2.07. The minimum Gasteiger partial charge on any atom is -0.464 e. The van der Waals surface area contributed by atoms with Crippen LogP contribution in [0.4, 0.5) is 0 Å². The monoisotopic (exact) mass is 192 g/mol. The number of rotatable bonds is 3. The van der Waals surface area contributed by atoms with Gasteiger partial charge in [0.1, 0.15) is 5.69 Å². The van der Waals surface area contributed by atoms with E-state index in [4.69, 9.17) is 5.53 Å². The zero-order valence-corrected chi connectivity index (χ0v) is 7.54. The van der Waals surface area contributed by atoms with Crippen LogP contribution in [-0.4, -0.2) is 18.1 Å². The van der Waals surface area contributed by atoms with Crippen molar-refractivity contribution in [3.8, 4) is 0 Å². The zero-order valence-electron chi connectivity index (χ0n) is 7.54. The summed E-state index contributed by atoms with van der Waals surface area (Å²) in [4.78, 5) is 17.5. The molecule has 0 spiro atoms. The molecule has 0 atom stereocenters. The minimum atomic E-state index is -0.507. The van der Waals surface area contributed by atoms with E-state index in [2.05, 4.69) is 19.7 Å². The summed E-state index contributed by atoms with van der Waals surface area (Å²) in [6, 6.07) is 3.20. The Morgan fingerprint density at radius 3 is 3.21 bits per heavy atom. The summed E-state index contributed by atoms with van der Waals surface area (Å²) in [7, 11) is 1.28. The molecule has 0 saturated carbocycles. The maximum atomic E-state index is 11.1. The summed E-state index contributed by atoms with van der Waals surface area (Å²) < 4.78 is 4.49. The van der Waals surface area contributed by atoms with Crippen LogP contribution in [0.3, 0.4) is 0 Å². The molecular formula is C8H8N4O2. The van der Waals surface area contributed by atoms with Gasteiger partial charge in [-0.3, -0.25) is 0 Å². The Morgan fingerprint density at radius 2 is 2.57 bits per heavy atom. The molecule has 14 heavy (non-hydrogen) atoms. The molecule has 0 saturated heterocycles. The van der Waals surface area contributed by atoms with Crippen molar-refractivity contribution in [1.82, 2.24) is 4.98 Å². The lowest BCUT2D eigenvalue weighted by Crippen LogP contribution is -2.04. The molecule has 6 nitrogen and oxygen atoms in total. The van der Waals surface area contributed by atoms with Crippen molar-refractivity contribution in [3.63, 3.8) is 0 Å². The third-order valence-electron chi connectivity index (χ3n) is 1.54. The third kappa shape index (κ3) is 2.46. The summed E-state index contributed by atoms with van der Waals surface area (Å²) in [6.45, 7) is 0.197. The van der Waals surface area contributed by atoms with Crippen LogP contribution in [0.1, 0.15) is 16.1 Å². The van der Waals surface area contributed by atoms with Crippen molar-refractivity contribution >= 4 is 5.97 Å². The van der Waals surface area contributed by atoms with E-state index < -0.39 is 5.97 Å². The van der Waals surface area contributed by atoms with Gasteiger partial charge in [-0.1, -0.05) is 5.11 Å². The second-order valence-electron chi connectivity index (χ2n) is 2.43. The minimum absolute atomic E-state index is 0.197. The molecule has 0 unspecified atom stereocenters. The van der Waals surface area contributed by atoms with E-state index in [0.717, 1.165) is 5.56 Å². The van der Waals surface area contributed by atoms with Crippen molar-refractivity contribution in [2.24, 2.45) is 5.11 Å². The molecule has 1 aromatic rings. The molecule has 0 radical (unpaired) electrons. The Bertz CT molecular complexity index is 385. The van der Waals surface area contributed by atoms with Crippen molar-refractivity contribution in [1.29, 1.82) is 0 Å². The largest absolute Gasteiger partial charge is 0.464 e.